The first-order valence-corrected chi connectivity index (χ1v) is 8.10. The molecule has 0 bridgehead atoms. The SMILES string of the molecule is CN1CCN2CCN(C(=O)CCOc3ccccc3)C[C@H]2C1=O. The van der Waals surface area contributed by atoms with Crippen LogP contribution < -0.4 is 4.74 Å². The zero-order valence-corrected chi connectivity index (χ0v) is 13.5. The lowest BCUT2D eigenvalue weighted by atomic mass is 10.1. The van der Waals surface area contributed by atoms with Gasteiger partial charge in [-0.25, -0.2) is 0 Å². The Balaban J connectivity index is 1.49. The number of piperazine rings is 2. The van der Waals surface area contributed by atoms with E-state index in [9.17, 15) is 9.59 Å². The number of fused-ring (bicyclic) bond motifs is 1. The van der Waals surface area contributed by atoms with Gasteiger partial charge in [0.25, 0.3) is 0 Å². The van der Waals surface area contributed by atoms with Crippen molar-refractivity contribution < 1.29 is 14.3 Å². The first-order chi connectivity index (χ1) is 11.1. The third-order valence-electron chi connectivity index (χ3n) is 4.56. The molecular weight excluding hydrogens is 294 g/mol. The van der Waals surface area contributed by atoms with Gasteiger partial charge in [0.1, 0.15) is 11.8 Å². The van der Waals surface area contributed by atoms with Crippen LogP contribution in [0, 0.1) is 0 Å². The lowest BCUT2D eigenvalue weighted by Crippen LogP contribution is -2.64. The van der Waals surface area contributed by atoms with Crippen LogP contribution in [0.5, 0.6) is 5.75 Å². The summed E-state index contributed by atoms with van der Waals surface area (Å²) in [4.78, 5) is 30.3. The summed E-state index contributed by atoms with van der Waals surface area (Å²) in [5.74, 6) is 0.949. The number of nitrogens with zero attached hydrogens (tertiary/aromatic N) is 3. The largest absolute Gasteiger partial charge is 0.493 e. The van der Waals surface area contributed by atoms with Crippen LogP contribution in [0.4, 0.5) is 0 Å². The average molecular weight is 317 g/mol. The highest BCUT2D eigenvalue weighted by atomic mass is 16.5. The Hall–Kier alpha value is -2.08. The van der Waals surface area contributed by atoms with Crippen molar-refractivity contribution in [2.45, 2.75) is 12.5 Å². The summed E-state index contributed by atoms with van der Waals surface area (Å²) in [6.07, 6.45) is 0.339. The molecule has 2 heterocycles. The van der Waals surface area contributed by atoms with Gasteiger partial charge in [-0.15, -0.1) is 0 Å². The number of carbonyl (C=O) groups excluding carboxylic acids is 2. The van der Waals surface area contributed by atoms with E-state index in [0.29, 0.717) is 26.1 Å². The smallest absolute Gasteiger partial charge is 0.241 e. The average Bonchev–Trinajstić information content (AvgIpc) is 2.59. The molecule has 1 aromatic rings. The molecule has 2 fully saturated rings. The molecule has 0 aromatic heterocycles. The predicted molar refractivity (Wildman–Crippen MR) is 86.1 cm³/mol. The number of ether oxygens (including phenoxy) is 1. The summed E-state index contributed by atoms with van der Waals surface area (Å²) in [5.41, 5.74) is 0. The highest BCUT2D eigenvalue weighted by molar-refractivity contribution is 5.84. The van der Waals surface area contributed by atoms with E-state index in [4.69, 9.17) is 4.74 Å². The Morgan fingerprint density at radius 3 is 2.70 bits per heavy atom. The number of rotatable bonds is 4. The maximum absolute atomic E-state index is 12.4. The molecule has 3 rings (SSSR count). The van der Waals surface area contributed by atoms with Gasteiger partial charge in [0, 0.05) is 39.8 Å². The quantitative estimate of drug-likeness (QED) is 0.809. The van der Waals surface area contributed by atoms with Gasteiger partial charge in [0.2, 0.25) is 11.8 Å². The molecule has 2 saturated heterocycles. The molecule has 124 valence electrons. The number of amides is 2. The fraction of sp³-hybridized carbons (Fsp3) is 0.529. The minimum absolute atomic E-state index is 0.0570. The summed E-state index contributed by atoms with van der Waals surface area (Å²) < 4.78 is 5.58. The van der Waals surface area contributed by atoms with Crippen LogP contribution >= 0.6 is 0 Å². The molecule has 2 aliphatic heterocycles. The van der Waals surface area contributed by atoms with Gasteiger partial charge in [-0.05, 0) is 12.1 Å². The Kier molecular flexibility index (Phi) is 4.81. The first kappa shape index (κ1) is 15.8. The molecule has 0 saturated carbocycles. The van der Waals surface area contributed by atoms with Crippen molar-refractivity contribution in [1.29, 1.82) is 0 Å². The van der Waals surface area contributed by atoms with Gasteiger partial charge in [0.05, 0.1) is 13.0 Å². The highest BCUT2D eigenvalue weighted by Gasteiger charge is 2.38. The lowest BCUT2D eigenvalue weighted by Gasteiger charge is -2.45. The molecule has 0 spiro atoms. The van der Waals surface area contributed by atoms with E-state index in [0.717, 1.165) is 25.4 Å². The summed E-state index contributed by atoms with van der Waals surface area (Å²) >= 11 is 0. The van der Waals surface area contributed by atoms with Crippen molar-refractivity contribution in [3.63, 3.8) is 0 Å². The van der Waals surface area contributed by atoms with Crippen LogP contribution in [0.25, 0.3) is 0 Å². The fourth-order valence-electron chi connectivity index (χ4n) is 3.12. The van der Waals surface area contributed by atoms with Gasteiger partial charge >= 0.3 is 0 Å². The summed E-state index contributed by atoms with van der Waals surface area (Å²) in [6, 6.07) is 9.31. The van der Waals surface area contributed by atoms with Gasteiger partial charge in [-0.1, -0.05) is 18.2 Å². The van der Waals surface area contributed by atoms with Gasteiger partial charge < -0.3 is 14.5 Å². The Morgan fingerprint density at radius 2 is 1.91 bits per heavy atom. The van der Waals surface area contributed by atoms with Crippen LogP contribution in [-0.2, 0) is 9.59 Å². The van der Waals surface area contributed by atoms with Crippen molar-refractivity contribution in [2.75, 3.05) is 46.4 Å². The third kappa shape index (κ3) is 3.64. The van der Waals surface area contributed by atoms with E-state index in [1.165, 1.54) is 0 Å². The number of carbonyl (C=O) groups is 2. The van der Waals surface area contributed by atoms with E-state index in [1.807, 2.05) is 37.4 Å². The molecular formula is C17H23N3O3. The minimum Gasteiger partial charge on any atom is -0.493 e. The fourth-order valence-corrected chi connectivity index (χ4v) is 3.12. The molecule has 2 aliphatic rings. The van der Waals surface area contributed by atoms with Crippen LogP contribution in [0.15, 0.2) is 30.3 Å². The normalized spacial score (nSPS) is 22.0. The zero-order valence-electron chi connectivity index (χ0n) is 13.5. The number of hydrogen-bond acceptors (Lipinski definition) is 4. The highest BCUT2D eigenvalue weighted by Crippen LogP contribution is 2.17. The van der Waals surface area contributed by atoms with Crippen molar-refractivity contribution in [2.24, 2.45) is 0 Å². The van der Waals surface area contributed by atoms with Crippen molar-refractivity contribution >= 4 is 11.8 Å². The Labute approximate surface area is 136 Å². The molecule has 0 aliphatic carbocycles. The standard InChI is InChI=1S/C17H23N3O3/c1-18-8-9-19-10-11-20(13-15(19)17(18)22)16(21)7-12-23-14-5-3-2-4-6-14/h2-6,15H,7-13H2,1H3/t15-/m0/s1. The molecule has 0 unspecified atom stereocenters. The second-order valence-electron chi connectivity index (χ2n) is 6.06. The Bertz CT molecular complexity index is 563. The molecule has 0 radical (unpaired) electrons. The number of benzene rings is 1. The lowest BCUT2D eigenvalue weighted by molar-refractivity contribution is -0.147. The molecule has 6 heteroatoms. The van der Waals surface area contributed by atoms with Crippen molar-refractivity contribution in [3.05, 3.63) is 30.3 Å². The van der Waals surface area contributed by atoms with E-state index in [2.05, 4.69) is 4.90 Å². The topological polar surface area (TPSA) is 53.1 Å². The van der Waals surface area contributed by atoms with E-state index >= 15 is 0 Å². The molecule has 6 nitrogen and oxygen atoms in total. The summed E-state index contributed by atoms with van der Waals surface area (Å²) in [6.45, 7) is 3.99. The molecule has 23 heavy (non-hydrogen) atoms. The summed E-state index contributed by atoms with van der Waals surface area (Å²) in [5, 5.41) is 0. The monoisotopic (exact) mass is 317 g/mol. The molecule has 2 amide bonds. The van der Waals surface area contributed by atoms with E-state index < -0.39 is 0 Å². The molecule has 1 atom stereocenters. The van der Waals surface area contributed by atoms with Crippen LogP contribution in [-0.4, -0.2) is 78.9 Å². The third-order valence-corrected chi connectivity index (χ3v) is 4.56. The second-order valence-corrected chi connectivity index (χ2v) is 6.06. The van der Waals surface area contributed by atoms with Crippen LogP contribution in [0.3, 0.4) is 0 Å². The summed E-state index contributed by atoms with van der Waals surface area (Å²) in [7, 11) is 1.83. The molecule has 0 N–H and O–H groups in total. The zero-order chi connectivity index (χ0) is 16.2. The second kappa shape index (κ2) is 7.00. The van der Waals surface area contributed by atoms with Crippen molar-refractivity contribution in [3.8, 4) is 5.75 Å². The number of hydrogen-bond donors (Lipinski definition) is 0. The van der Waals surface area contributed by atoms with Gasteiger partial charge in [-0.2, -0.15) is 0 Å². The molecule has 1 aromatic carbocycles. The Morgan fingerprint density at radius 1 is 1.17 bits per heavy atom. The van der Waals surface area contributed by atoms with Crippen molar-refractivity contribution in [1.82, 2.24) is 14.7 Å². The van der Waals surface area contributed by atoms with Gasteiger partial charge in [0.15, 0.2) is 0 Å². The predicted octanol–water partition coefficient (Wildman–Crippen LogP) is 0.440. The van der Waals surface area contributed by atoms with Gasteiger partial charge in [-0.3, -0.25) is 14.5 Å². The number of para-hydroxylation sites is 1. The maximum Gasteiger partial charge on any atom is 0.241 e. The van der Waals surface area contributed by atoms with E-state index in [1.54, 1.807) is 9.80 Å². The number of likely N-dealkylation sites (N-methyl/N-ethyl adjacent to an activating group) is 1. The van der Waals surface area contributed by atoms with E-state index in [-0.39, 0.29) is 17.9 Å². The van der Waals surface area contributed by atoms with Crippen LogP contribution in [0.1, 0.15) is 6.42 Å². The first-order valence-electron chi connectivity index (χ1n) is 8.10. The van der Waals surface area contributed by atoms with Crippen LogP contribution in [0.2, 0.25) is 0 Å². The minimum atomic E-state index is -0.179. The maximum atomic E-state index is 12.4.